The molecule has 1 N–H and O–H groups in total. The Morgan fingerprint density at radius 2 is 2.00 bits per heavy atom. The summed E-state index contributed by atoms with van der Waals surface area (Å²) in [6.45, 7) is 7.74. The van der Waals surface area contributed by atoms with E-state index in [1.54, 1.807) is 11.4 Å². The van der Waals surface area contributed by atoms with E-state index in [4.69, 9.17) is 5.11 Å². The maximum atomic E-state index is 12.5. The Morgan fingerprint density at radius 1 is 1.33 bits per heavy atom. The third kappa shape index (κ3) is 5.34. The highest BCUT2D eigenvalue weighted by Crippen LogP contribution is 2.19. The second kappa shape index (κ2) is 8.62. The van der Waals surface area contributed by atoms with Gasteiger partial charge in [-0.1, -0.05) is 26.7 Å². The molecule has 0 bridgehead atoms. The van der Waals surface area contributed by atoms with Crippen LogP contribution in [-0.2, 0) is 4.79 Å². The fraction of sp³-hybridized carbons (Fsp3) is 0.500. The Kier molecular flexibility index (Phi) is 7.15. The van der Waals surface area contributed by atoms with Crippen LogP contribution >= 0.6 is 11.3 Å². The molecular formula is C16H23NO3S. The minimum absolute atomic E-state index is 0.0237. The smallest absolute Gasteiger partial charge is 0.328 e. The quantitative estimate of drug-likeness (QED) is 0.744. The molecule has 1 rings (SSSR count). The van der Waals surface area contributed by atoms with Crippen molar-refractivity contribution < 1.29 is 14.7 Å². The van der Waals surface area contributed by atoms with E-state index in [0.717, 1.165) is 30.3 Å². The van der Waals surface area contributed by atoms with E-state index < -0.39 is 5.97 Å². The summed E-state index contributed by atoms with van der Waals surface area (Å²) >= 11 is 1.38. The maximum Gasteiger partial charge on any atom is 0.328 e. The van der Waals surface area contributed by atoms with Crippen molar-refractivity contribution in [2.45, 2.75) is 33.6 Å². The molecule has 0 spiro atoms. The van der Waals surface area contributed by atoms with Gasteiger partial charge in [0.15, 0.2) is 0 Å². The summed E-state index contributed by atoms with van der Waals surface area (Å²) in [6.07, 6.45) is 4.73. The molecule has 4 nitrogen and oxygen atoms in total. The Hall–Kier alpha value is -1.62. The molecule has 0 fully saturated rings. The summed E-state index contributed by atoms with van der Waals surface area (Å²) < 4.78 is 0. The highest BCUT2D eigenvalue weighted by Gasteiger charge is 2.18. The minimum Gasteiger partial charge on any atom is -0.478 e. The summed E-state index contributed by atoms with van der Waals surface area (Å²) in [5, 5.41) is 10.4. The van der Waals surface area contributed by atoms with Crippen LogP contribution < -0.4 is 0 Å². The first kappa shape index (κ1) is 17.4. The third-order valence-electron chi connectivity index (χ3n) is 3.56. The summed E-state index contributed by atoms with van der Waals surface area (Å²) in [6, 6.07) is 1.75. The number of carboxylic acids is 1. The van der Waals surface area contributed by atoms with Crippen LogP contribution in [0.1, 0.15) is 48.8 Å². The van der Waals surface area contributed by atoms with Gasteiger partial charge in [0.05, 0.1) is 5.56 Å². The van der Waals surface area contributed by atoms with Crippen molar-refractivity contribution in [3.05, 3.63) is 28.0 Å². The van der Waals surface area contributed by atoms with E-state index in [2.05, 4.69) is 13.8 Å². The molecule has 5 heteroatoms. The van der Waals surface area contributed by atoms with Crippen LogP contribution in [0.2, 0.25) is 0 Å². The van der Waals surface area contributed by atoms with Gasteiger partial charge in [0.1, 0.15) is 0 Å². The maximum absolute atomic E-state index is 12.5. The number of aliphatic carboxylic acids is 1. The molecule has 1 aromatic rings. The van der Waals surface area contributed by atoms with Crippen molar-refractivity contribution >= 4 is 29.3 Å². The lowest BCUT2D eigenvalue weighted by molar-refractivity contribution is -0.131. The SMILES string of the molecule is CCC(CC)CN(CC)C(=O)c1csc(C=CC(=O)O)c1. The van der Waals surface area contributed by atoms with E-state index in [1.807, 2.05) is 11.8 Å². The zero-order valence-corrected chi connectivity index (χ0v) is 13.7. The van der Waals surface area contributed by atoms with Crippen molar-refractivity contribution in [1.29, 1.82) is 0 Å². The Balaban J connectivity index is 2.78. The molecule has 0 aliphatic carbocycles. The average molecular weight is 309 g/mol. The molecule has 0 aliphatic heterocycles. The Bertz CT molecular complexity index is 503. The molecule has 116 valence electrons. The molecule has 0 radical (unpaired) electrons. The largest absolute Gasteiger partial charge is 0.478 e. The van der Waals surface area contributed by atoms with Gasteiger partial charge in [-0.25, -0.2) is 4.79 Å². The molecule has 0 saturated heterocycles. The molecule has 1 heterocycles. The molecule has 0 saturated carbocycles. The second-order valence-electron chi connectivity index (χ2n) is 4.94. The summed E-state index contributed by atoms with van der Waals surface area (Å²) in [5.74, 6) is -0.435. The minimum atomic E-state index is -0.986. The predicted octanol–water partition coefficient (Wildman–Crippen LogP) is 3.74. The summed E-state index contributed by atoms with van der Waals surface area (Å²) in [5.41, 5.74) is 0.637. The van der Waals surface area contributed by atoms with Crippen LogP contribution in [0, 0.1) is 5.92 Å². The van der Waals surface area contributed by atoms with Gasteiger partial charge in [-0.15, -0.1) is 11.3 Å². The highest BCUT2D eigenvalue weighted by atomic mass is 32.1. The average Bonchev–Trinajstić information content (AvgIpc) is 2.95. The lowest BCUT2D eigenvalue weighted by Crippen LogP contribution is -2.34. The highest BCUT2D eigenvalue weighted by molar-refractivity contribution is 7.11. The topological polar surface area (TPSA) is 57.6 Å². The lowest BCUT2D eigenvalue weighted by Gasteiger charge is -2.25. The van der Waals surface area contributed by atoms with Crippen molar-refractivity contribution in [3.63, 3.8) is 0 Å². The molecule has 1 aromatic heterocycles. The van der Waals surface area contributed by atoms with E-state index >= 15 is 0 Å². The van der Waals surface area contributed by atoms with Crippen LogP contribution in [-0.4, -0.2) is 35.0 Å². The van der Waals surface area contributed by atoms with Gasteiger partial charge in [-0.05, 0) is 25.0 Å². The zero-order chi connectivity index (χ0) is 15.8. The van der Waals surface area contributed by atoms with E-state index in [-0.39, 0.29) is 5.91 Å². The van der Waals surface area contributed by atoms with Gasteiger partial charge >= 0.3 is 5.97 Å². The van der Waals surface area contributed by atoms with Gasteiger partial charge < -0.3 is 10.0 Å². The normalized spacial score (nSPS) is 11.2. The summed E-state index contributed by atoms with van der Waals surface area (Å²) in [7, 11) is 0. The standard InChI is InChI=1S/C16H23NO3S/c1-4-12(5-2)10-17(6-3)16(20)13-9-14(21-11-13)7-8-15(18)19/h7-9,11-12H,4-6,10H2,1-3H3,(H,18,19). The number of hydrogen-bond donors (Lipinski definition) is 1. The second-order valence-corrected chi connectivity index (χ2v) is 5.88. The van der Waals surface area contributed by atoms with Gasteiger partial charge in [0.25, 0.3) is 5.91 Å². The number of amides is 1. The molecule has 0 unspecified atom stereocenters. The van der Waals surface area contributed by atoms with Gasteiger partial charge in [-0.3, -0.25) is 4.79 Å². The van der Waals surface area contributed by atoms with E-state index in [0.29, 0.717) is 18.0 Å². The Morgan fingerprint density at radius 3 is 2.52 bits per heavy atom. The third-order valence-corrected chi connectivity index (χ3v) is 4.46. The number of carboxylic acid groups (broad SMARTS) is 1. The number of rotatable bonds is 8. The van der Waals surface area contributed by atoms with E-state index in [1.165, 1.54) is 17.4 Å². The zero-order valence-electron chi connectivity index (χ0n) is 12.8. The number of hydrogen-bond acceptors (Lipinski definition) is 3. The monoisotopic (exact) mass is 309 g/mol. The first-order valence-electron chi connectivity index (χ1n) is 7.30. The lowest BCUT2D eigenvalue weighted by atomic mass is 10.0. The molecule has 1 amide bonds. The number of carbonyl (C=O) groups is 2. The van der Waals surface area contributed by atoms with E-state index in [9.17, 15) is 9.59 Å². The Labute approximate surface area is 130 Å². The van der Waals surface area contributed by atoms with Crippen molar-refractivity contribution in [3.8, 4) is 0 Å². The molecule has 0 aromatic carbocycles. The molecule has 0 atom stereocenters. The fourth-order valence-electron chi connectivity index (χ4n) is 2.10. The molecular weight excluding hydrogens is 286 g/mol. The first-order chi connectivity index (χ1) is 10.0. The van der Waals surface area contributed by atoms with Gasteiger partial charge in [0, 0.05) is 29.4 Å². The van der Waals surface area contributed by atoms with Gasteiger partial charge in [0.2, 0.25) is 0 Å². The van der Waals surface area contributed by atoms with Crippen LogP contribution in [0.25, 0.3) is 6.08 Å². The predicted molar refractivity (Wildman–Crippen MR) is 86.6 cm³/mol. The molecule has 21 heavy (non-hydrogen) atoms. The number of thiophene rings is 1. The van der Waals surface area contributed by atoms with Crippen LogP contribution in [0.4, 0.5) is 0 Å². The van der Waals surface area contributed by atoms with Crippen LogP contribution in [0.3, 0.4) is 0 Å². The molecule has 0 aliphatic rings. The first-order valence-corrected chi connectivity index (χ1v) is 8.18. The van der Waals surface area contributed by atoms with Crippen LogP contribution in [0.5, 0.6) is 0 Å². The van der Waals surface area contributed by atoms with Crippen molar-refractivity contribution in [1.82, 2.24) is 4.90 Å². The summed E-state index contributed by atoms with van der Waals surface area (Å²) in [4.78, 5) is 25.6. The number of carbonyl (C=O) groups excluding carboxylic acids is 1. The van der Waals surface area contributed by atoms with Gasteiger partial charge in [-0.2, -0.15) is 0 Å². The fourth-order valence-corrected chi connectivity index (χ4v) is 2.88. The number of nitrogens with zero attached hydrogens (tertiary/aromatic N) is 1. The van der Waals surface area contributed by atoms with Crippen LogP contribution in [0.15, 0.2) is 17.5 Å². The van der Waals surface area contributed by atoms with Crippen molar-refractivity contribution in [2.75, 3.05) is 13.1 Å². The van der Waals surface area contributed by atoms with Crippen molar-refractivity contribution in [2.24, 2.45) is 5.92 Å².